The molecule has 0 radical (unpaired) electrons. The highest BCUT2D eigenvalue weighted by Crippen LogP contribution is 2.43. The van der Waals surface area contributed by atoms with Crippen LogP contribution in [0.1, 0.15) is 29.0 Å². The Morgan fingerprint density at radius 1 is 1.23 bits per heavy atom. The van der Waals surface area contributed by atoms with Crippen molar-refractivity contribution in [2.45, 2.75) is 26.2 Å². The van der Waals surface area contributed by atoms with Crippen molar-refractivity contribution < 1.29 is 24.2 Å². The first-order chi connectivity index (χ1) is 10.4. The Morgan fingerprint density at radius 3 is 2.41 bits per heavy atom. The molecule has 114 valence electrons. The van der Waals surface area contributed by atoms with Crippen molar-refractivity contribution in [3.8, 4) is 17.2 Å². The van der Waals surface area contributed by atoms with E-state index in [0.717, 1.165) is 22.3 Å². The van der Waals surface area contributed by atoms with Crippen LogP contribution in [-0.4, -0.2) is 22.2 Å². The monoisotopic (exact) mass is 301 g/mol. The zero-order valence-electron chi connectivity index (χ0n) is 12.2. The lowest BCUT2D eigenvalue weighted by molar-refractivity contribution is -0.155. The van der Waals surface area contributed by atoms with Crippen molar-refractivity contribution in [2.75, 3.05) is 0 Å². The maximum Gasteiger partial charge on any atom is 0.318 e. The summed E-state index contributed by atoms with van der Waals surface area (Å²) in [5.41, 5.74) is 3.82. The number of carboxylic acid groups (broad SMARTS) is 2. The lowest BCUT2D eigenvalue weighted by Crippen LogP contribution is -2.30. The van der Waals surface area contributed by atoms with Gasteiger partial charge >= 0.3 is 11.9 Å². The number of carbonyl (C=O) groups is 2. The Morgan fingerprint density at radius 2 is 1.86 bits per heavy atom. The lowest BCUT2D eigenvalue weighted by Gasteiger charge is -2.20. The highest BCUT2D eigenvalue weighted by Gasteiger charge is 2.39. The second-order valence-electron chi connectivity index (χ2n) is 5.17. The van der Waals surface area contributed by atoms with Crippen LogP contribution in [0.2, 0.25) is 0 Å². The van der Waals surface area contributed by atoms with Gasteiger partial charge in [0, 0.05) is 17.9 Å². The van der Waals surface area contributed by atoms with Crippen molar-refractivity contribution in [1.82, 2.24) is 0 Å². The van der Waals surface area contributed by atoms with E-state index < -0.39 is 23.8 Å². The van der Waals surface area contributed by atoms with Gasteiger partial charge in [-0.1, -0.05) is 0 Å². The molecule has 2 N–H and O–H groups in total. The molecule has 0 aromatic heterocycles. The first-order valence-electron chi connectivity index (χ1n) is 6.67. The van der Waals surface area contributed by atoms with E-state index in [-0.39, 0.29) is 6.42 Å². The highest BCUT2D eigenvalue weighted by atomic mass is 16.4. The van der Waals surface area contributed by atoms with E-state index >= 15 is 0 Å². The molecule has 2 rings (SSSR count). The fourth-order valence-corrected chi connectivity index (χ4v) is 2.91. The summed E-state index contributed by atoms with van der Waals surface area (Å²) < 4.78 is 5.14. The minimum atomic E-state index is -1.67. The highest BCUT2D eigenvalue weighted by molar-refractivity contribution is 5.95. The average Bonchev–Trinajstić information content (AvgIpc) is 2.70. The van der Waals surface area contributed by atoms with E-state index in [2.05, 4.69) is 0 Å². The van der Waals surface area contributed by atoms with Crippen LogP contribution in [-0.2, 0) is 9.59 Å². The average molecular weight is 301 g/mol. The molecule has 1 aliphatic heterocycles. The molecule has 6 nitrogen and oxygen atoms in total. The van der Waals surface area contributed by atoms with Crippen LogP contribution in [0.15, 0.2) is 23.0 Å². The summed E-state index contributed by atoms with van der Waals surface area (Å²) in [7, 11) is 0. The number of hydrogen-bond donors (Lipinski definition) is 2. The maximum absolute atomic E-state index is 11.4. The summed E-state index contributed by atoms with van der Waals surface area (Å²) in [5, 5.41) is 27.6. The van der Waals surface area contributed by atoms with E-state index in [1.165, 1.54) is 6.26 Å². The third-order valence-electron chi connectivity index (χ3n) is 4.07. The Bertz CT molecular complexity index is 726. The van der Waals surface area contributed by atoms with Crippen molar-refractivity contribution in [3.05, 3.63) is 35.3 Å². The summed E-state index contributed by atoms with van der Waals surface area (Å²) in [6.07, 6.45) is 2.81. The van der Waals surface area contributed by atoms with Crippen LogP contribution in [0.4, 0.5) is 0 Å². The van der Waals surface area contributed by atoms with E-state index in [4.69, 9.17) is 9.68 Å². The number of fused-ring (bicyclic) bond motifs is 1. The largest absolute Gasteiger partial charge is 0.481 e. The zero-order valence-corrected chi connectivity index (χ0v) is 12.2. The van der Waals surface area contributed by atoms with Crippen LogP contribution in [0.3, 0.4) is 0 Å². The molecule has 1 unspecified atom stereocenters. The summed E-state index contributed by atoms with van der Waals surface area (Å²) in [4.78, 5) is 22.8. The molecular weight excluding hydrogens is 286 g/mol. The topological polar surface area (TPSA) is 112 Å². The van der Waals surface area contributed by atoms with E-state index in [1.54, 1.807) is 19.3 Å². The second kappa shape index (κ2) is 5.90. The number of carboxylic acids is 2. The number of hydrogen-bond acceptors (Lipinski definition) is 4. The van der Waals surface area contributed by atoms with Gasteiger partial charge in [0.2, 0.25) is 0 Å². The normalized spacial score (nSPS) is 12.3. The third-order valence-corrected chi connectivity index (χ3v) is 4.07. The standard InChI is InChI=1S/C16H15NO5/c1-8-9(2)13(10-4-6-22-7-12(8)10)11(3-5-17)14(15(18)19)16(20)21/h4,6-7,11,14H,3H2,1-2H3,(H,18,19)(H,20,21). The minimum Gasteiger partial charge on any atom is -0.481 e. The van der Waals surface area contributed by atoms with Gasteiger partial charge in [0.1, 0.15) is 0 Å². The molecule has 0 amide bonds. The number of nitrogens with zero attached hydrogens (tertiary/aromatic N) is 1. The zero-order chi connectivity index (χ0) is 16.4. The summed E-state index contributed by atoms with van der Waals surface area (Å²) in [6.45, 7) is 3.66. The molecule has 0 aromatic carbocycles. The van der Waals surface area contributed by atoms with Gasteiger partial charge in [0.25, 0.3) is 0 Å². The molecule has 0 fully saturated rings. The van der Waals surface area contributed by atoms with Crippen molar-refractivity contribution in [3.63, 3.8) is 0 Å². The molecule has 0 saturated heterocycles. The molecule has 0 bridgehead atoms. The van der Waals surface area contributed by atoms with Crippen LogP contribution >= 0.6 is 0 Å². The molecule has 1 atom stereocenters. The molecule has 0 spiro atoms. The quantitative estimate of drug-likeness (QED) is 0.821. The third kappa shape index (κ3) is 2.42. The van der Waals surface area contributed by atoms with Gasteiger partial charge < -0.3 is 14.6 Å². The smallest absolute Gasteiger partial charge is 0.318 e. The van der Waals surface area contributed by atoms with Gasteiger partial charge in [-0.15, -0.1) is 0 Å². The van der Waals surface area contributed by atoms with Crippen molar-refractivity contribution in [2.24, 2.45) is 5.92 Å². The van der Waals surface area contributed by atoms with Gasteiger partial charge in [0.05, 0.1) is 18.6 Å². The van der Waals surface area contributed by atoms with Crippen molar-refractivity contribution in [1.29, 1.82) is 5.26 Å². The molecule has 0 aromatic rings. The Kier molecular flexibility index (Phi) is 4.18. The number of rotatable bonds is 5. The Balaban J connectivity index is 2.69. The molecule has 0 saturated carbocycles. The van der Waals surface area contributed by atoms with Gasteiger partial charge in [-0.3, -0.25) is 9.59 Å². The first-order valence-corrected chi connectivity index (χ1v) is 6.67. The van der Waals surface area contributed by atoms with E-state index in [0.29, 0.717) is 5.56 Å². The fraction of sp³-hybridized carbons (Fsp3) is 0.312. The fourth-order valence-electron chi connectivity index (χ4n) is 2.91. The van der Waals surface area contributed by atoms with Crippen LogP contribution in [0.25, 0.3) is 11.1 Å². The van der Waals surface area contributed by atoms with Gasteiger partial charge in [0.15, 0.2) is 5.92 Å². The van der Waals surface area contributed by atoms with Gasteiger partial charge in [-0.2, -0.15) is 5.26 Å². The molecule has 22 heavy (non-hydrogen) atoms. The predicted molar refractivity (Wildman–Crippen MR) is 76.5 cm³/mol. The molecule has 2 aliphatic rings. The first kappa shape index (κ1) is 15.6. The van der Waals surface area contributed by atoms with Gasteiger partial charge in [-0.05, 0) is 42.2 Å². The maximum atomic E-state index is 11.4. The second-order valence-corrected chi connectivity index (χ2v) is 5.17. The molecular formula is C16H15NO5. The SMILES string of the molecule is Cc1c2coccc-2c(C(CC#N)C(C(=O)O)C(=O)O)c1C. The van der Waals surface area contributed by atoms with E-state index in [1.807, 2.05) is 13.0 Å². The lowest BCUT2D eigenvalue weighted by atomic mass is 9.81. The van der Waals surface area contributed by atoms with Crippen LogP contribution in [0.5, 0.6) is 0 Å². The molecule has 6 heteroatoms. The summed E-state index contributed by atoms with van der Waals surface area (Å²) in [5.74, 6) is -5.47. The Hall–Kier alpha value is -2.81. The minimum absolute atomic E-state index is 0.186. The number of aliphatic carboxylic acids is 2. The van der Waals surface area contributed by atoms with E-state index in [9.17, 15) is 19.8 Å². The predicted octanol–water partition coefficient (Wildman–Crippen LogP) is 2.78. The number of nitriles is 1. The summed E-state index contributed by atoms with van der Waals surface area (Å²) >= 11 is 0. The van der Waals surface area contributed by atoms with Crippen LogP contribution in [0, 0.1) is 31.1 Å². The molecule has 1 aliphatic carbocycles. The van der Waals surface area contributed by atoms with Crippen molar-refractivity contribution >= 4 is 11.9 Å². The van der Waals surface area contributed by atoms with Gasteiger partial charge in [-0.25, -0.2) is 0 Å². The van der Waals surface area contributed by atoms with Crippen LogP contribution < -0.4 is 0 Å². The summed E-state index contributed by atoms with van der Waals surface area (Å²) in [6, 6.07) is 3.58. The Labute approximate surface area is 126 Å². The molecule has 1 heterocycles.